The van der Waals surface area contributed by atoms with Gasteiger partial charge in [-0.25, -0.2) is 0 Å². The van der Waals surface area contributed by atoms with Gasteiger partial charge in [0.25, 0.3) is 0 Å². The molecule has 1 amide bonds. The molecule has 94 valence electrons. The van der Waals surface area contributed by atoms with Crippen LogP contribution in [0.25, 0.3) is 0 Å². The van der Waals surface area contributed by atoms with Gasteiger partial charge in [-0.2, -0.15) is 0 Å². The molecule has 0 aromatic carbocycles. The van der Waals surface area contributed by atoms with Crippen LogP contribution in [0.4, 0.5) is 0 Å². The lowest BCUT2D eigenvalue weighted by Crippen LogP contribution is -2.37. The zero-order chi connectivity index (χ0) is 13.1. The highest BCUT2D eigenvalue weighted by Gasteiger charge is 2.30. The zero-order valence-electron chi connectivity index (χ0n) is 9.62. The molecule has 0 spiro atoms. The molecule has 0 atom stereocenters. The lowest BCUT2D eigenvalue weighted by Gasteiger charge is -2.21. The second-order valence-corrected chi connectivity index (χ2v) is 6.28. The summed E-state index contributed by atoms with van der Waals surface area (Å²) in [7, 11) is 0. The Bertz CT molecular complexity index is 428. The number of carboxylic acid groups (broad SMARTS) is 1. The predicted octanol–water partition coefficient (Wildman–Crippen LogP) is 2.63. The van der Waals surface area contributed by atoms with Crippen LogP contribution in [0.1, 0.15) is 25.1 Å². The monoisotopic (exact) mass is 319 g/mol. The number of rotatable bonds is 5. The SMILES string of the molecule is CC(C)(CC(=O)O)C(=O)NCc1cc(Br)cs1. The molecule has 4 nitrogen and oxygen atoms in total. The Hall–Kier alpha value is -0.880. The molecule has 6 heteroatoms. The van der Waals surface area contributed by atoms with Crippen molar-refractivity contribution in [1.82, 2.24) is 5.32 Å². The van der Waals surface area contributed by atoms with Gasteiger partial charge in [-0.3, -0.25) is 9.59 Å². The van der Waals surface area contributed by atoms with Crippen LogP contribution in [-0.2, 0) is 16.1 Å². The van der Waals surface area contributed by atoms with Gasteiger partial charge >= 0.3 is 5.97 Å². The summed E-state index contributed by atoms with van der Waals surface area (Å²) in [5, 5.41) is 13.4. The van der Waals surface area contributed by atoms with E-state index >= 15 is 0 Å². The molecular formula is C11H14BrNO3S. The molecule has 1 rings (SSSR count). The Morgan fingerprint density at radius 3 is 2.65 bits per heavy atom. The molecule has 0 saturated carbocycles. The van der Waals surface area contributed by atoms with Crippen LogP contribution in [0, 0.1) is 5.41 Å². The number of aliphatic carboxylic acids is 1. The number of thiophene rings is 1. The fourth-order valence-electron chi connectivity index (χ4n) is 1.31. The molecule has 0 saturated heterocycles. The van der Waals surface area contributed by atoms with Gasteiger partial charge in [0.1, 0.15) is 0 Å². The third-order valence-electron chi connectivity index (χ3n) is 2.25. The minimum Gasteiger partial charge on any atom is -0.481 e. The molecule has 1 aromatic heterocycles. The molecule has 0 aliphatic rings. The van der Waals surface area contributed by atoms with E-state index < -0.39 is 11.4 Å². The van der Waals surface area contributed by atoms with Gasteiger partial charge in [0, 0.05) is 14.7 Å². The molecule has 0 unspecified atom stereocenters. The van der Waals surface area contributed by atoms with Gasteiger partial charge < -0.3 is 10.4 Å². The number of hydrogen-bond donors (Lipinski definition) is 2. The molecule has 17 heavy (non-hydrogen) atoms. The molecule has 1 aromatic rings. The van der Waals surface area contributed by atoms with E-state index in [1.165, 1.54) is 11.3 Å². The minimum atomic E-state index is -0.969. The van der Waals surface area contributed by atoms with E-state index in [0.29, 0.717) is 6.54 Å². The van der Waals surface area contributed by atoms with Crippen molar-refractivity contribution >= 4 is 39.1 Å². The molecule has 0 fully saturated rings. The summed E-state index contributed by atoms with van der Waals surface area (Å²) in [5.74, 6) is -1.21. The normalized spacial score (nSPS) is 11.2. The first-order valence-electron chi connectivity index (χ1n) is 5.04. The summed E-state index contributed by atoms with van der Waals surface area (Å²) >= 11 is 4.87. The average molecular weight is 320 g/mol. The van der Waals surface area contributed by atoms with Crippen molar-refractivity contribution in [2.45, 2.75) is 26.8 Å². The van der Waals surface area contributed by atoms with E-state index in [1.807, 2.05) is 11.4 Å². The van der Waals surface area contributed by atoms with Crippen LogP contribution in [0.2, 0.25) is 0 Å². The van der Waals surface area contributed by atoms with Crippen LogP contribution in [0.15, 0.2) is 15.9 Å². The molecule has 2 N–H and O–H groups in total. The van der Waals surface area contributed by atoms with E-state index in [1.54, 1.807) is 13.8 Å². The minimum absolute atomic E-state index is 0.174. The summed E-state index contributed by atoms with van der Waals surface area (Å²) in [6, 6.07) is 1.93. The van der Waals surface area contributed by atoms with E-state index in [4.69, 9.17) is 5.11 Å². The van der Waals surface area contributed by atoms with Gasteiger partial charge in [-0.05, 0) is 22.0 Å². The highest BCUT2D eigenvalue weighted by Crippen LogP contribution is 2.22. The lowest BCUT2D eigenvalue weighted by molar-refractivity contribution is -0.144. The van der Waals surface area contributed by atoms with Gasteiger partial charge in [0.2, 0.25) is 5.91 Å². The van der Waals surface area contributed by atoms with Crippen molar-refractivity contribution in [3.63, 3.8) is 0 Å². The Labute approximate surface area is 112 Å². The maximum absolute atomic E-state index is 11.8. The number of carbonyl (C=O) groups excluding carboxylic acids is 1. The number of hydrogen-bond acceptors (Lipinski definition) is 3. The Balaban J connectivity index is 2.51. The van der Waals surface area contributed by atoms with Crippen molar-refractivity contribution in [2.24, 2.45) is 5.41 Å². The van der Waals surface area contributed by atoms with Crippen molar-refractivity contribution in [1.29, 1.82) is 0 Å². The largest absolute Gasteiger partial charge is 0.481 e. The molecule has 0 radical (unpaired) electrons. The standard InChI is InChI=1S/C11H14BrNO3S/c1-11(2,4-9(14)15)10(16)13-5-8-3-7(12)6-17-8/h3,6H,4-5H2,1-2H3,(H,13,16)(H,14,15). The van der Waals surface area contributed by atoms with Gasteiger partial charge in [0.05, 0.1) is 18.4 Å². The van der Waals surface area contributed by atoms with Gasteiger partial charge in [0.15, 0.2) is 0 Å². The summed E-state index contributed by atoms with van der Waals surface area (Å²) < 4.78 is 0.983. The number of carboxylic acids is 1. The number of carbonyl (C=O) groups is 2. The summed E-state index contributed by atoms with van der Waals surface area (Å²) in [6.07, 6.45) is -0.174. The van der Waals surface area contributed by atoms with Crippen molar-refractivity contribution < 1.29 is 14.7 Å². The van der Waals surface area contributed by atoms with E-state index in [9.17, 15) is 9.59 Å². The summed E-state index contributed by atoms with van der Waals surface area (Å²) in [5.41, 5.74) is -0.889. The second kappa shape index (κ2) is 5.64. The number of halogens is 1. The lowest BCUT2D eigenvalue weighted by atomic mass is 9.88. The fraction of sp³-hybridized carbons (Fsp3) is 0.455. The average Bonchev–Trinajstić information content (AvgIpc) is 2.58. The van der Waals surface area contributed by atoms with Gasteiger partial charge in [-0.1, -0.05) is 13.8 Å². The fourth-order valence-corrected chi connectivity index (χ4v) is 2.70. The van der Waals surface area contributed by atoms with E-state index in [2.05, 4.69) is 21.2 Å². The Kier molecular flexibility index (Phi) is 4.70. The van der Waals surface area contributed by atoms with Gasteiger partial charge in [-0.15, -0.1) is 11.3 Å². The van der Waals surface area contributed by atoms with Crippen molar-refractivity contribution in [3.05, 3.63) is 20.8 Å². The maximum Gasteiger partial charge on any atom is 0.304 e. The number of nitrogens with one attached hydrogen (secondary N) is 1. The third kappa shape index (κ3) is 4.47. The highest BCUT2D eigenvalue weighted by atomic mass is 79.9. The smallest absolute Gasteiger partial charge is 0.304 e. The third-order valence-corrected chi connectivity index (χ3v) is 3.95. The van der Waals surface area contributed by atoms with Crippen LogP contribution >= 0.6 is 27.3 Å². The molecule has 0 aliphatic heterocycles. The number of amides is 1. The first-order valence-corrected chi connectivity index (χ1v) is 6.71. The van der Waals surface area contributed by atoms with Crippen molar-refractivity contribution in [3.8, 4) is 0 Å². The molecule has 1 heterocycles. The topological polar surface area (TPSA) is 66.4 Å². The first kappa shape index (κ1) is 14.2. The second-order valence-electron chi connectivity index (χ2n) is 4.37. The Morgan fingerprint density at radius 2 is 2.18 bits per heavy atom. The quantitative estimate of drug-likeness (QED) is 0.876. The molecule has 0 aliphatic carbocycles. The summed E-state index contributed by atoms with van der Waals surface area (Å²) in [6.45, 7) is 3.68. The van der Waals surface area contributed by atoms with Crippen LogP contribution < -0.4 is 5.32 Å². The maximum atomic E-state index is 11.8. The van der Waals surface area contributed by atoms with Crippen LogP contribution in [0.5, 0.6) is 0 Å². The van der Waals surface area contributed by atoms with Crippen LogP contribution in [-0.4, -0.2) is 17.0 Å². The summed E-state index contributed by atoms with van der Waals surface area (Å²) in [4.78, 5) is 23.4. The molecule has 0 bridgehead atoms. The predicted molar refractivity (Wildman–Crippen MR) is 69.9 cm³/mol. The van der Waals surface area contributed by atoms with E-state index in [-0.39, 0.29) is 12.3 Å². The Morgan fingerprint density at radius 1 is 1.53 bits per heavy atom. The van der Waals surface area contributed by atoms with Crippen molar-refractivity contribution in [2.75, 3.05) is 0 Å². The zero-order valence-corrected chi connectivity index (χ0v) is 12.0. The molecular weight excluding hydrogens is 306 g/mol. The first-order chi connectivity index (χ1) is 7.81. The highest BCUT2D eigenvalue weighted by molar-refractivity contribution is 9.10. The van der Waals surface area contributed by atoms with E-state index in [0.717, 1.165) is 9.35 Å². The van der Waals surface area contributed by atoms with Crippen LogP contribution in [0.3, 0.4) is 0 Å².